The number of nitrogens with zero attached hydrogens (tertiary/aromatic N) is 4. The highest BCUT2D eigenvalue weighted by molar-refractivity contribution is 5.30. The fourth-order valence-corrected chi connectivity index (χ4v) is 1.36. The second kappa shape index (κ2) is 5.67. The van der Waals surface area contributed by atoms with Gasteiger partial charge in [0, 0.05) is 24.9 Å². The molecule has 7 heteroatoms. The maximum Gasteiger partial charge on any atom is 0.305 e. The standard InChI is InChI=1S/C11H11N5O2/c17-16(18)10-7-14-11(15-8-10)13-6-4-9-3-1-2-5-12-9/h1-3,5,7-8H,4,6H2,(H,13,14,15). The van der Waals surface area contributed by atoms with Crippen molar-refractivity contribution >= 4 is 11.6 Å². The Morgan fingerprint density at radius 3 is 2.61 bits per heavy atom. The highest BCUT2D eigenvalue weighted by Crippen LogP contribution is 2.07. The lowest BCUT2D eigenvalue weighted by molar-refractivity contribution is -0.385. The van der Waals surface area contributed by atoms with Crippen molar-refractivity contribution < 1.29 is 4.92 Å². The van der Waals surface area contributed by atoms with Crippen LogP contribution in [0.15, 0.2) is 36.8 Å². The Balaban J connectivity index is 1.85. The average molecular weight is 245 g/mol. The molecule has 0 atom stereocenters. The van der Waals surface area contributed by atoms with Crippen molar-refractivity contribution in [2.45, 2.75) is 6.42 Å². The van der Waals surface area contributed by atoms with Gasteiger partial charge < -0.3 is 5.32 Å². The van der Waals surface area contributed by atoms with Gasteiger partial charge in [-0.25, -0.2) is 9.97 Å². The zero-order valence-electron chi connectivity index (χ0n) is 9.48. The molecule has 2 aromatic heterocycles. The molecule has 2 aromatic rings. The first kappa shape index (κ1) is 11.9. The number of aromatic nitrogens is 3. The van der Waals surface area contributed by atoms with Crippen LogP contribution in [-0.2, 0) is 6.42 Å². The van der Waals surface area contributed by atoms with Crippen LogP contribution in [0.5, 0.6) is 0 Å². The van der Waals surface area contributed by atoms with Gasteiger partial charge in [0.1, 0.15) is 12.4 Å². The van der Waals surface area contributed by atoms with Gasteiger partial charge >= 0.3 is 5.69 Å². The summed E-state index contributed by atoms with van der Waals surface area (Å²) < 4.78 is 0. The molecule has 7 nitrogen and oxygen atoms in total. The van der Waals surface area contributed by atoms with Gasteiger partial charge in [-0.15, -0.1) is 0 Å². The number of nitrogens with one attached hydrogen (secondary N) is 1. The van der Waals surface area contributed by atoms with Crippen LogP contribution in [0.3, 0.4) is 0 Å². The van der Waals surface area contributed by atoms with Gasteiger partial charge in [-0.1, -0.05) is 6.07 Å². The van der Waals surface area contributed by atoms with E-state index in [4.69, 9.17) is 0 Å². The van der Waals surface area contributed by atoms with E-state index in [1.54, 1.807) is 6.20 Å². The molecule has 0 saturated carbocycles. The SMILES string of the molecule is O=[N+]([O-])c1cnc(NCCc2ccccn2)nc1. The van der Waals surface area contributed by atoms with Gasteiger partial charge in [0.15, 0.2) is 0 Å². The number of hydrogen-bond donors (Lipinski definition) is 1. The van der Waals surface area contributed by atoms with Crippen molar-refractivity contribution in [3.05, 3.63) is 52.6 Å². The van der Waals surface area contributed by atoms with E-state index in [2.05, 4.69) is 20.3 Å². The Kier molecular flexibility index (Phi) is 3.75. The van der Waals surface area contributed by atoms with Crippen LogP contribution < -0.4 is 5.32 Å². The molecule has 0 fully saturated rings. The molecule has 0 amide bonds. The fourth-order valence-electron chi connectivity index (χ4n) is 1.36. The summed E-state index contributed by atoms with van der Waals surface area (Å²) in [5.74, 6) is 0.372. The lowest BCUT2D eigenvalue weighted by atomic mass is 10.3. The van der Waals surface area contributed by atoms with Crippen LogP contribution >= 0.6 is 0 Å². The van der Waals surface area contributed by atoms with Gasteiger partial charge in [0.25, 0.3) is 0 Å². The van der Waals surface area contributed by atoms with Crippen LogP contribution in [0.1, 0.15) is 5.69 Å². The summed E-state index contributed by atoms with van der Waals surface area (Å²) in [5.41, 5.74) is 0.845. The van der Waals surface area contributed by atoms with Gasteiger partial charge in [-0.3, -0.25) is 15.1 Å². The molecule has 0 aliphatic carbocycles. The zero-order valence-corrected chi connectivity index (χ0v) is 9.48. The minimum atomic E-state index is -0.530. The highest BCUT2D eigenvalue weighted by Gasteiger charge is 2.05. The van der Waals surface area contributed by atoms with Crippen molar-refractivity contribution in [1.29, 1.82) is 0 Å². The lowest BCUT2D eigenvalue weighted by Crippen LogP contribution is -2.08. The monoisotopic (exact) mass is 245 g/mol. The maximum absolute atomic E-state index is 10.4. The molecule has 0 spiro atoms. The average Bonchev–Trinajstić information content (AvgIpc) is 2.40. The summed E-state index contributed by atoms with van der Waals surface area (Å²) in [6, 6.07) is 5.71. The van der Waals surface area contributed by atoms with Gasteiger partial charge in [0.05, 0.1) is 4.92 Å². The minimum Gasteiger partial charge on any atom is -0.354 e. The van der Waals surface area contributed by atoms with Crippen LogP contribution in [0.25, 0.3) is 0 Å². The van der Waals surface area contributed by atoms with Crippen molar-refractivity contribution in [3.8, 4) is 0 Å². The number of hydrogen-bond acceptors (Lipinski definition) is 6. The van der Waals surface area contributed by atoms with E-state index in [1.807, 2.05) is 18.2 Å². The minimum absolute atomic E-state index is 0.120. The first-order valence-corrected chi connectivity index (χ1v) is 5.36. The molecule has 18 heavy (non-hydrogen) atoms. The third-order valence-corrected chi connectivity index (χ3v) is 2.24. The molecule has 0 saturated heterocycles. The van der Waals surface area contributed by atoms with Crippen molar-refractivity contribution in [3.63, 3.8) is 0 Å². The molecule has 2 heterocycles. The Morgan fingerprint density at radius 1 is 1.22 bits per heavy atom. The summed E-state index contributed by atoms with van der Waals surface area (Å²) in [4.78, 5) is 21.7. The molecule has 2 rings (SSSR count). The fraction of sp³-hybridized carbons (Fsp3) is 0.182. The van der Waals surface area contributed by atoms with E-state index < -0.39 is 4.92 Å². The summed E-state index contributed by atoms with van der Waals surface area (Å²) in [6.07, 6.45) is 4.82. The summed E-state index contributed by atoms with van der Waals surface area (Å²) >= 11 is 0. The van der Waals surface area contributed by atoms with E-state index in [0.29, 0.717) is 12.5 Å². The molecular formula is C11H11N5O2. The summed E-state index contributed by atoms with van der Waals surface area (Å²) in [6.45, 7) is 0.620. The Labute approximate surface area is 103 Å². The Morgan fingerprint density at radius 2 is 2.00 bits per heavy atom. The molecule has 0 unspecified atom stereocenters. The van der Waals surface area contributed by atoms with Gasteiger partial charge in [0.2, 0.25) is 5.95 Å². The number of pyridine rings is 1. The van der Waals surface area contributed by atoms with Crippen molar-refractivity contribution in [1.82, 2.24) is 15.0 Å². The van der Waals surface area contributed by atoms with Crippen LogP contribution in [0.2, 0.25) is 0 Å². The molecule has 0 aliphatic rings. The van der Waals surface area contributed by atoms with E-state index in [0.717, 1.165) is 12.1 Å². The number of rotatable bonds is 5. The third kappa shape index (κ3) is 3.21. The van der Waals surface area contributed by atoms with Crippen molar-refractivity contribution in [2.24, 2.45) is 0 Å². The molecule has 92 valence electrons. The summed E-state index contributed by atoms with van der Waals surface area (Å²) in [7, 11) is 0. The van der Waals surface area contributed by atoms with Gasteiger partial charge in [-0.05, 0) is 12.1 Å². The van der Waals surface area contributed by atoms with E-state index in [1.165, 1.54) is 12.4 Å². The highest BCUT2D eigenvalue weighted by atomic mass is 16.6. The van der Waals surface area contributed by atoms with Crippen molar-refractivity contribution in [2.75, 3.05) is 11.9 Å². The molecule has 0 aliphatic heterocycles. The maximum atomic E-state index is 10.4. The largest absolute Gasteiger partial charge is 0.354 e. The third-order valence-electron chi connectivity index (χ3n) is 2.24. The molecule has 0 bridgehead atoms. The predicted octanol–water partition coefficient (Wildman–Crippen LogP) is 1.43. The predicted molar refractivity (Wildman–Crippen MR) is 65.1 cm³/mol. The van der Waals surface area contributed by atoms with E-state index in [9.17, 15) is 10.1 Å². The first-order chi connectivity index (χ1) is 8.75. The second-order valence-electron chi connectivity index (χ2n) is 3.52. The number of anilines is 1. The van der Waals surface area contributed by atoms with Gasteiger partial charge in [-0.2, -0.15) is 0 Å². The van der Waals surface area contributed by atoms with Crippen LogP contribution in [0.4, 0.5) is 11.6 Å². The second-order valence-corrected chi connectivity index (χ2v) is 3.52. The molecule has 1 N–H and O–H groups in total. The zero-order chi connectivity index (χ0) is 12.8. The Bertz CT molecular complexity index is 515. The molecule has 0 radical (unpaired) electrons. The normalized spacial score (nSPS) is 10.0. The Hall–Kier alpha value is -2.57. The smallest absolute Gasteiger partial charge is 0.305 e. The van der Waals surface area contributed by atoms with E-state index in [-0.39, 0.29) is 5.69 Å². The molecular weight excluding hydrogens is 234 g/mol. The van der Waals surface area contributed by atoms with Crippen LogP contribution in [0, 0.1) is 10.1 Å². The first-order valence-electron chi connectivity index (χ1n) is 5.36. The lowest BCUT2D eigenvalue weighted by Gasteiger charge is -2.03. The number of nitro groups is 1. The summed E-state index contributed by atoms with van der Waals surface area (Å²) in [5, 5.41) is 13.4. The quantitative estimate of drug-likeness (QED) is 0.632. The van der Waals surface area contributed by atoms with Crippen LogP contribution in [-0.4, -0.2) is 26.4 Å². The van der Waals surface area contributed by atoms with E-state index >= 15 is 0 Å². The molecule has 0 aromatic carbocycles. The topological polar surface area (TPSA) is 93.8 Å².